The van der Waals surface area contributed by atoms with E-state index in [4.69, 9.17) is 9.84 Å². The highest BCUT2D eigenvalue weighted by Crippen LogP contribution is 2.28. The monoisotopic (exact) mass is 261 g/mol. The molecule has 1 saturated carbocycles. The minimum absolute atomic E-state index is 0.669. The number of methoxy groups -OCH3 is 1. The van der Waals surface area contributed by atoms with Crippen LogP contribution >= 0.6 is 0 Å². The lowest BCUT2D eigenvalue weighted by molar-refractivity contribution is -0.131. The minimum Gasteiger partial charge on any atom is -0.497 e. The average molecular weight is 261 g/mol. The molecule has 4 nitrogen and oxygen atoms in total. The van der Waals surface area contributed by atoms with Crippen LogP contribution in [0.2, 0.25) is 0 Å². The Morgan fingerprint density at radius 2 is 2.26 bits per heavy atom. The molecule has 0 aliphatic heterocycles. The second kappa shape index (κ2) is 5.89. The molecule has 1 aliphatic carbocycles. The minimum atomic E-state index is -0.933. The molecular formula is C15H19NO3. The topological polar surface area (TPSA) is 49.8 Å². The van der Waals surface area contributed by atoms with Gasteiger partial charge in [-0.2, -0.15) is 0 Å². The fourth-order valence-electron chi connectivity index (χ4n) is 2.08. The summed E-state index contributed by atoms with van der Waals surface area (Å²) in [7, 11) is 3.73. The van der Waals surface area contributed by atoms with Crippen molar-refractivity contribution in [1.29, 1.82) is 0 Å². The van der Waals surface area contributed by atoms with E-state index in [2.05, 4.69) is 11.9 Å². The molecule has 0 bridgehead atoms. The maximum Gasteiger partial charge on any atom is 0.328 e. The van der Waals surface area contributed by atoms with Gasteiger partial charge < -0.3 is 9.84 Å². The number of hydrogen-bond acceptors (Lipinski definition) is 3. The molecule has 1 aromatic rings. The van der Waals surface area contributed by atoms with Crippen LogP contribution in [0.4, 0.5) is 0 Å². The van der Waals surface area contributed by atoms with E-state index in [0.29, 0.717) is 6.04 Å². The molecule has 4 heteroatoms. The van der Waals surface area contributed by atoms with E-state index in [1.54, 1.807) is 13.2 Å². The van der Waals surface area contributed by atoms with Gasteiger partial charge in [0, 0.05) is 18.7 Å². The zero-order valence-corrected chi connectivity index (χ0v) is 11.3. The number of hydrogen-bond donors (Lipinski definition) is 1. The molecule has 0 spiro atoms. The third kappa shape index (κ3) is 3.83. The van der Waals surface area contributed by atoms with Gasteiger partial charge in [0.25, 0.3) is 0 Å². The van der Waals surface area contributed by atoms with Crippen molar-refractivity contribution < 1.29 is 14.6 Å². The van der Waals surface area contributed by atoms with Gasteiger partial charge in [0.05, 0.1) is 7.11 Å². The Morgan fingerprint density at radius 1 is 1.53 bits per heavy atom. The summed E-state index contributed by atoms with van der Waals surface area (Å²) in [5.41, 5.74) is 2.02. The third-order valence-corrected chi connectivity index (χ3v) is 3.35. The van der Waals surface area contributed by atoms with Gasteiger partial charge in [-0.15, -0.1) is 0 Å². The second-order valence-corrected chi connectivity index (χ2v) is 4.88. The number of ether oxygens (including phenoxy) is 1. The molecular weight excluding hydrogens is 242 g/mol. The molecule has 0 atom stereocenters. The fourth-order valence-corrected chi connectivity index (χ4v) is 2.08. The summed E-state index contributed by atoms with van der Waals surface area (Å²) in [6, 6.07) is 6.39. The first-order chi connectivity index (χ1) is 9.10. The van der Waals surface area contributed by atoms with Crippen molar-refractivity contribution in [3.63, 3.8) is 0 Å². The zero-order chi connectivity index (χ0) is 13.8. The summed E-state index contributed by atoms with van der Waals surface area (Å²) in [4.78, 5) is 12.9. The number of carbonyl (C=O) groups is 1. The van der Waals surface area contributed by atoms with E-state index >= 15 is 0 Å². The molecule has 1 aromatic carbocycles. The Balaban J connectivity index is 2.22. The maximum absolute atomic E-state index is 10.6. The quantitative estimate of drug-likeness (QED) is 0.799. The van der Waals surface area contributed by atoms with Gasteiger partial charge in [-0.1, -0.05) is 6.07 Å². The normalized spacial score (nSPS) is 15.1. The first-order valence-corrected chi connectivity index (χ1v) is 6.38. The molecule has 1 aliphatic rings. The first kappa shape index (κ1) is 13.6. The van der Waals surface area contributed by atoms with Crippen LogP contribution in [0.5, 0.6) is 5.75 Å². The maximum atomic E-state index is 10.6. The summed E-state index contributed by atoms with van der Waals surface area (Å²) in [5, 5.41) is 8.72. The van der Waals surface area contributed by atoms with Crippen LogP contribution in [0.1, 0.15) is 24.0 Å². The molecule has 0 radical (unpaired) electrons. The predicted molar refractivity (Wildman–Crippen MR) is 74.2 cm³/mol. The van der Waals surface area contributed by atoms with Crippen molar-refractivity contribution in [1.82, 2.24) is 4.90 Å². The van der Waals surface area contributed by atoms with Crippen LogP contribution in [0.25, 0.3) is 6.08 Å². The summed E-state index contributed by atoms with van der Waals surface area (Å²) < 4.78 is 5.23. The number of rotatable bonds is 6. The van der Waals surface area contributed by atoms with Crippen LogP contribution in [0.3, 0.4) is 0 Å². The van der Waals surface area contributed by atoms with Crippen LogP contribution < -0.4 is 4.74 Å². The lowest BCUT2D eigenvalue weighted by Gasteiger charge is -2.18. The highest BCUT2D eigenvalue weighted by atomic mass is 16.5. The SMILES string of the molecule is COc1ccc(C=CC(=O)O)c(CN(C)C2CC2)c1. The summed E-state index contributed by atoms with van der Waals surface area (Å²) in [6.07, 6.45) is 5.31. The smallest absolute Gasteiger partial charge is 0.328 e. The van der Waals surface area contributed by atoms with Gasteiger partial charge in [0.2, 0.25) is 0 Å². The van der Waals surface area contributed by atoms with E-state index < -0.39 is 5.97 Å². The second-order valence-electron chi connectivity index (χ2n) is 4.88. The number of aliphatic carboxylic acids is 1. The molecule has 0 amide bonds. The van der Waals surface area contributed by atoms with E-state index in [9.17, 15) is 4.79 Å². The van der Waals surface area contributed by atoms with Crippen molar-refractivity contribution in [3.8, 4) is 5.75 Å². The lowest BCUT2D eigenvalue weighted by atomic mass is 10.1. The Hall–Kier alpha value is -1.81. The van der Waals surface area contributed by atoms with Gasteiger partial charge in [-0.25, -0.2) is 4.79 Å². The highest BCUT2D eigenvalue weighted by Gasteiger charge is 2.26. The van der Waals surface area contributed by atoms with Crippen LogP contribution in [0.15, 0.2) is 24.3 Å². The highest BCUT2D eigenvalue weighted by molar-refractivity contribution is 5.85. The Kier molecular flexibility index (Phi) is 4.22. The predicted octanol–water partition coefficient (Wildman–Crippen LogP) is 2.39. The van der Waals surface area contributed by atoms with Crippen molar-refractivity contribution in [2.24, 2.45) is 0 Å². The van der Waals surface area contributed by atoms with Crippen LogP contribution in [-0.2, 0) is 11.3 Å². The lowest BCUT2D eigenvalue weighted by Crippen LogP contribution is -2.20. The Bertz CT molecular complexity index is 492. The van der Waals surface area contributed by atoms with E-state index in [0.717, 1.165) is 23.4 Å². The number of carboxylic acids is 1. The summed E-state index contributed by atoms with van der Waals surface area (Å²) >= 11 is 0. The molecule has 0 aromatic heterocycles. The van der Waals surface area contributed by atoms with Gasteiger partial charge in [-0.05, 0) is 49.2 Å². The molecule has 19 heavy (non-hydrogen) atoms. The van der Waals surface area contributed by atoms with Crippen molar-refractivity contribution in [2.45, 2.75) is 25.4 Å². The summed E-state index contributed by atoms with van der Waals surface area (Å²) in [6.45, 7) is 0.807. The fraction of sp³-hybridized carbons (Fsp3) is 0.400. The van der Waals surface area contributed by atoms with Crippen molar-refractivity contribution >= 4 is 12.0 Å². The van der Waals surface area contributed by atoms with Crippen LogP contribution in [-0.4, -0.2) is 36.2 Å². The zero-order valence-electron chi connectivity index (χ0n) is 11.3. The largest absolute Gasteiger partial charge is 0.497 e. The van der Waals surface area contributed by atoms with E-state index in [1.165, 1.54) is 18.9 Å². The third-order valence-electron chi connectivity index (χ3n) is 3.35. The Morgan fingerprint density at radius 3 is 2.84 bits per heavy atom. The molecule has 102 valence electrons. The Labute approximate surface area is 113 Å². The molecule has 0 saturated heterocycles. The van der Waals surface area contributed by atoms with Crippen molar-refractivity contribution in [3.05, 3.63) is 35.4 Å². The summed E-state index contributed by atoms with van der Waals surface area (Å²) in [5.74, 6) is -0.135. The van der Waals surface area contributed by atoms with E-state index in [-0.39, 0.29) is 0 Å². The van der Waals surface area contributed by atoms with Gasteiger partial charge in [0.15, 0.2) is 0 Å². The standard InChI is InChI=1S/C15H19NO3/c1-16(13-5-6-13)10-12-9-14(19-2)7-3-11(12)4-8-15(17)18/h3-4,7-9,13H,5-6,10H2,1-2H3,(H,17,18). The van der Waals surface area contributed by atoms with Gasteiger partial charge in [-0.3, -0.25) is 4.90 Å². The first-order valence-electron chi connectivity index (χ1n) is 6.38. The van der Waals surface area contributed by atoms with E-state index in [1.807, 2.05) is 18.2 Å². The molecule has 0 unspecified atom stereocenters. The van der Waals surface area contributed by atoms with Crippen LogP contribution in [0, 0.1) is 0 Å². The average Bonchev–Trinajstić information content (AvgIpc) is 3.21. The molecule has 2 rings (SSSR count). The van der Waals surface area contributed by atoms with Gasteiger partial charge >= 0.3 is 5.97 Å². The molecule has 1 N–H and O–H groups in total. The molecule has 1 fully saturated rings. The number of nitrogens with zero attached hydrogens (tertiary/aromatic N) is 1. The molecule has 0 heterocycles. The van der Waals surface area contributed by atoms with Gasteiger partial charge in [0.1, 0.15) is 5.75 Å². The number of benzene rings is 1. The number of carboxylic acid groups (broad SMARTS) is 1. The van der Waals surface area contributed by atoms with Crippen molar-refractivity contribution in [2.75, 3.05) is 14.2 Å².